The molecular formula is C16H17N7O. The fourth-order valence-corrected chi connectivity index (χ4v) is 2.51. The molecule has 0 atom stereocenters. The highest BCUT2D eigenvalue weighted by Crippen LogP contribution is 2.27. The van der Waals surface area contributed by atoms with Crippen molar-refractivity contribution in [3.63, 3.8) is 0 Å². The molecule has 0 unspecified atom stereocenters. The number of hydrogen-bond acceptors (Lipinski definition) is 6. The number of amides is 1. The van der Waals surface area contributed by atoms with Crippen molar-refractivity contribution in [3.8, 4) is 0 Å². The first-order valence-electron chi connectivity index (χ1n) is 7.75. The third-order valence-electron chi connectivity index (χ3n) is 3.97. The number of carbonyl (C=O) groups is 1. The number of carbonyl (C=O) groups excluding carboxylic acids is 1. The summed E-state index contributed by atoms with van der Waals surface area (Å²) in [5.41, 5.74) is 8.39. The first-order valence-corrected chi connectivity index (χ1v) is 7.75. The van der Waals surface area contributed by atoms with Crippen molar-refractivity contribution in [1.82, 2.24) is 20.2 Å². The van der Waals surface area contributed by atoms with Gasteiger partial charge >= 0.3 is 0 Å². The molecule has 1 aliphatic rings. The molecule has 1 saturated carbocycles. The van der Waals surface area contributed by atoms with E-state index < -0.39 is 5.91 Å². The second-order valence-electron chi connectivity index (χ2n) is 5.94. The van der Waals surface area contributed by atoms with Crippen LogP contribution in [0.5, 0.6) is 0 Å². The standard InChI is InChI=1S/C16H17N7O/c1-8-11-5-4-10(6-13(11)23-22-8)20-16-18-7-12(14(17)24)15(21-16)19-9-2-3-9/h4-7,9H,2-3H2,1H3,(H2,17,24)(H,22,23)(H2,18,19,20,21). The zero-order valence-corrected chi connectivity index (χ0v) is 13.1. The van der Waals surface area contributed by atoms with Crippen LogP contribution < -0.4 is 16.4 Å². The Balaban J connectivity index is 1.63. The summed E-state index contributed by atoms with van der Waals surface area (Å²) in [4.78, 5) is 20.1. The van der Waals surface area contributed by atoms with E-state index in [0.717, 1.165) is 35.1 Å². The zero-order valence-electron chi connectivity index (χ0n) is 13.1. The highest BCUT2D eigenvalue weighted by molar-refractivity contribution is 5.97. The number of rotatable bonds is 5. The third-order valence-corrected chi connectivity index (χ3v) is 3.97. The maximum atomic E-state index is 11.5. The predicted octanol–water partition coefficient (Wildman–Crippen LogP) is 2.08. The van der Waals surface area contributed by atoms with E-state index in [1.54, 1.807) is 0 Å². The van der Waals surface area contributed by atoms with E-state index in [1.807, 2.05) is 25.1 Å². The molecule has 1 aromatic carbocycles. The topological polar surface area (TPSA) is 122 Å². The second kappa shape index (κ2) is 5.48. The summed E-state index contributed by atoms with van der Waals surface area (Å²) >= 11 is 0. The Morgan fingerprint density at radius 3 is 2.96 bits per heavy atom. The number of nitrogens with two attached hydrogens (primary N) is 1. The van der Waals surface area contributed by atoms with Crippen molar-refractivity contribution in [2.24, 2.45) is 5.73 Å². The summed E-state index contributed by atoms with van der Waals surface area (Å²) in [6.45, 7) is 1.98. The first kappa shape index (κ1) is 14.4. The van der Waals surface area contributed by atoms with Crippen LogP contribution in [0.15, 0.2) is 24.4 Å². The van der Waals surface area contributed by atoms with E-state index in [-0.39, 0.29) is 0 Å². The molecule has 3 aromatic rings. The Bertz CT molecular complexity index is 929. The van der Waals surface area contributed by atoms with Gasteiger partial charge in [0.15, 0.2) is 0 Å². The first-order chi connectivity index (χ1) is 11.6. The third kappa shape index (κ3) is 2.73. The number of hydrogen-bond donors (Lipinski definition) is 4. The van der Waals surface area contributed by atoms with Gasteiger partial charge in [-0.2, -0.15) is 10.1 Å². The van der Waals surface area contributed by atoms with Crippen LogP contribution in [-0.4, -0.2) is 32.1 Å². The fourth-order valence-electron chi connectivity index (χ4n) is 2.51. The van der Waals surface area contributed by atoms with Gasteiger partial charge in [0.05, 0.1) is 11.1 Å². The molecule has 0 bridgehead atoms. The summed E-state index contributed by atoms with van der Waals surface area (Å²) in [7, 11) is 0. The van der Waals surface area contributed by atoms with Gasteiger partial charge in [-0.25, -0.2) is 4.98 Å². The minimum atomic E-state index is -0.543. The fraction of sp³-hybridized carbons (Fsp3) is 0.250. The van der Waals surface area contributed by atoms with E-state index in [4.69, 9.17) is 5.73 Å². The number of H-pyrrole nitrogens is 1. The number of nitrogens with zero attached hydrogens (tertiary/aromatic N) is 3. The molecule has 1 aliphatic carbocycles. The average molecular weight is 323 g/mol. The minimum Gasteiger partial charge on any atom is -0.367 e. The lowest BCUT2D eigenvalue weighted by Gasteiger charge is -2.10. The smallest absolute Gasteiger partial charge is 0.254 e. The Morgan fingerprint density at radius 2 is 2.21 bits per heavy atom. The lowest BCUT2D eigenvalue weighted by atomic mass is 10.2. The molecule has 0 spiro atoms. The van der Waals surface area contributed by atoms with Gasteiger partial charge in [-0.3, -0.25) is 9.89 Å². The van der Waals surface area contributed by atoms with E-state index in [9.17, 15) is 4.79 Å². The zero-order chi connectivity index (χ0) is 16.7. The molecule has 1 fully saturated rings. The summed E-state index contributed by atoms with van der Waals surface area (Å²) in [6.07, 6.45) is 3.58. The molecule has 0 saturated heterocycles. The van der Waals surface area contributed by atoms with Gasteiger partial charge in [-0.15, -0.1) is 0 Å². The Kier molecular flexibility index (Phi) is 3.30. The monoisotopic (exact) mass is 323 g/mol. The van der Waals surface area contributed by atoms with Gasteiger partial charge in [0.25, 0.3) is 5.91 Å². The number of fused-ring (bicyclic) bond motifs is 1. The van der Waals surface area contributed by atoms with Crippen LogP contribution >= 0.6 is 0 Å². The number of nitrogens with one attached hydrogen (secondary N) is 3. The molecule has 8 heteroatoms. The van der Waals surface area contributed by atoms with E-state index in [0.29, 0.717) is 23.4 Å². The van der Waals surface area contributed by atoms with Crippen molar-refractivity contribution in [2.75, 3.05) is 10.6 Å². The van der Waals surface area contributed by atoms with Gasteiger partial charge in [0.2, 0.25) is 5.95 Å². The lowest BCUT2D eigenvalue weighted by Crippen LogP contribution is -2.17. The molecule has 2 heterocycles. The van der Waals surface area contributed by atoms with Crippen LogP contribution in [0.3, 0.4) is 0 Å². The van der Waals surface area contributed by atoms with Crippen molar-refractivity contribution in [2.45, 2.75) is 25.8 Å². The molecule has 0 aliphatic heterocycles. The SMILES string of the molecule is Cc1[nH]nc2cc(Nc3ncc(C(N)=O)c(NC4CC4)n3)ccc12. The summed E-state index contributed by atoms with van der Waals surface area (Å²) in [5, 5.41) is 14.6. The maximum Gasteiger partial charge on any atom is 0.254 e. The van der Waals surface area contributed by atoms with Gasteiger partial charge < -0.3 is 16.4 Å². The summed E-state index contributed by atoms with van der Waals surface area (Å²) < 4.78 is 0. The average Bonchev–Trinajstić information content (AvgIpc) is 3.29. The van der Waals surface area contributed by atoms with Gasteiger partial charge in [0.1, 0.15) is 5.82 Å². The molecule has 2 aromatic heterocycles. The molecule has 24 heavy (non-hydrogen) atoms. The minimum absolute atomic E-state index is 0.297. The van der Waals surface area contributed by atoms with E-state index >= 15 is 0 Å². The number of benzene rings is 1. The highest BCUT2D eigenvalue weighted by atomic mass is 16.1. The number of aromatic amines is 1. The van der Waals surface area contributed by atoms with E-state index in [2.05, 4.69) is 30.8 Å². The van der Waals surface area contributed by atoms with Crippen LogP contribution in [0.25, 0.3) is 10.9 Å². The summed E-state index contributed by atoms with van der Waals surface area (Å²) in [5.74, 6) is 0.326. The molecule has 5 N–H and O–H groups in total. The van der Waals surface area contributed by atoms with Crippen molar-refractivity contribution in [3.05, 3.63) is 35.7 Å². The van der Waals surface area contributed by atoms with Gasteiger partial charge in [-0.1, -0.05) is 0 Å². The predicted molar refractivity (Wildman–Crippen MR) is 91.3 cm³/mol. The second-order valence-corrected chi connectivity index (χ2v) is 5.94. The molecule has 0 radical (unpaired) electrons. The number of aryl methyl sites for hydroxylation is 1. The largest absolute Gasteiger partial charge is 0.367 e. The Morgan fingerprint density at radius 1 is 1.38 bits per heavy atom. The highest BCUT2D eigenvalue weighted by Gasteiger charge is 2.24. The Labute approximate surface area is 137 Å². The van der Waals surface area contributed by atoms with Crippen LogP contribution in [0.2, 0.25) is 0 Å². The molecule has 122 valence electrons. The van der Waals surface area contributed by atoms with Crippen LogP contribution in [-0.2, 0) is 0 Å². The summed E-state index contributed by atoms with van der Waals surface area (Å²) in [6, 6.07) is 6.19. The van der Waals surface area contributed by atoms with Crippen molar-refractivity contribution in [1.29, 1.82) is 0 Å². The van der Waals surface area contributed by atoms with Gasteiger partial charge in [0, 0.05) is 29.0 Å². The van der Waals surface area contributed by atoms with Crippen molar-refractivity contribution < 1.29 is 4.79 Å². The molecule has 1 amide bonds. The van der Waals surface area contributed by atoms with Crippen molar-refractivity contribution >= 4 is 34.3 Å². The van der Waals surface area contributed by atoms with Gasteiger partial charge in [-0.05, 0) is 38.0 Å². The molecule has 4 rings (SSSR count). The number of primary amides is 1. The normalized spacial score (nSPS) is 13.9. The van der Waals surface area contributed by atoms with Crippen LogP contribution in [0.4, 0.5) is 17.5 Å². The van der Waals surface area contributed by atoms with Crippen LogP contribution in [0, 0.1) is 6.92 Å². The molecule has 8 nitrogen and oxygen atoms in total. The lowest BCUT2D eigenvalue weighted by molar-refractivity contribution is 0.100. The quantitative estimate of drug-likeness (QED) is 0.570. The maximum absolute atomic E-state index is 11.5. The van der Waals surface area contributed by atoms with E-state index in [1.165, 1.54) is 6.20 Å². The van der Waals surface area contributed by atoms with Crippen LogP contribution in [0.1, 0.15) is 28.9 Å². The molecular weight excluding hydrogens is 306 g/mol. The number of anilines is 3. The number of aromatic nitrogens is 4. The Hall–Kier alpha value is -3.16.